The van der Waals surface area contributed by atoms with Crippen molar-refractivity contribution in [1.82, 2.24) is 10.3 Å². The molecule has 0 saturated carbocycles. The summed E-state index contributed by atoms with van der Waals surface area (Å²) in [5.41, 5.74) is 3.68. The minimum atomic E-state index is 0.962. The van der Waals surface area contributed by atoms with Gasteiger partial charge in [-0.25, -0.2) is 0 Å². The van der Waals surface area contributed by atoms with Crippen molar-refractivity contribution >= 4 is 32.4 Å². The van der Waals surface area contributed by atoms with Crippen molar-refractivity contribution in [1.29, 1.82) is 0 Å². The van der Waals surface area contributed by atoms with Gasteiger partial charge in [0.2, 0.25) is 0 Å². The second kappa shape index (κ2) is 4.59. The Hall–Kier alpha value is -1.19. The van der Waals surface area contributed by atoms with Crippen LogP contribution in [0.2, 0.25) is 0 Å². The predicted octanol–water partition coefficient (Wildman–Crippen LogP) is 3.37. The van der Waals surface area contributed by atoms with E-state index in [0.29, 0.717) is 0 Å². The van der Waals surface area contributed by atoms with Crippen molar-refractivity contribution in [3.05, 3.63) is 46.6 Å². The van der Waals surface area contributed by atoms with E-state index in [1.807, 2.05) is 18.3 Å². The zero-order chi connectivity index (χ0) is 11.7. The Labute approximate surface area is 109 Å². The first-order valence-corrected chi connectivity index (χ1v) is 6.58. The predicted molar refractivity (Wildman–Crippen MR) is 74.9 cm³/mol. The van der Waals surface area contributed by atoms with Crippen molar-refractivity contribution in [3.63, 3.8) is 0 Å². The van der Waals surface area contributed by atoms with Crippen molar-refractivity contribution < 1.29 is 0 Å². The zero-order valence-electron chi connectivity index (χ0n) is 9.41. The second-order valence-corrected chi connectivity index (χ2v) is 5.07. The molecule has 2 heterocycles. The van der Waals surface area contributed by atoms with E-state index in [0.717, 1.165) is 29.5 Å². The van der Waals surface area contributed by atoms with Gasteiger partial charge in [0.1, 0.15) is 0 Å². The van der Waals surface area contributed by atoms with Crippen LogP contribution in [0, 0.1) is 0 Å². The Bertz CT molecular complexity index is 590. The Kier molecular flexibility index (Phi) is 2.95. The average Bonchev–Trinajstić information content (AvgIpc) is 2.40. The number of hydrogen-bond donors (Lipinski definition) is 1. The minimum Gasteiger partial charge on any atom is -0.313 e. The van der Waals surface area contributed by atoms with Gasteiger partial charge < -0.3 is 5.32 Å². The number of nitrogens with one attached hydrogen (secondary N) is 1. The fraction of sp³-hybridized carbons (Fsp3) is 0.214. The Morgan fingerprint density at radius 3 is 3.06 bits per heavy atom. The summed E-state index contributed by atoms with van der Waals surface area (Å²) in [6.45, 7) is 2.02. The molecule has 3 heteroatoms. The first kappa shape index (κ1) is 10.9. The Balaban J connectivity index is 2.12. The summed E-state index contributed by atoms with van der Waals surface area (Å²) in [5.74, 6) is 0. The summed E-state index contributed by atoms with van der Waals surface area (Å²) in [6.07, 6.45) is 5.31. The molecule has 1 aromatic carbocycles. The Morgan fingerprint density at radius 1 is 1.29 bits per heavy atom. The maximum absolute atomic E-state index is 4.53. The van der Waals surface area contributed by atoms with Crippen LogP contribution in [0.25, 0.3) is 16.5 Å². The van der Waals surface area contributed by atoms with Gasteiger partial charge in [0.05, 0.1) is 5.52 Å². The number of fused-ring (bicyclic) bond motifs is 1. The number of pyridine rings is 1. The molecule has 0 amide bonds. The number of rotatable bonds is 1. The molecule has 1 aliphatic rings. The van der Waals surface area contributed by atoms with E-state index in [4.69, 9.17) is 0 Å². The summed E-state index contributed by atoms with van der Waals surface area (Å²) < 4.78 is 1.11. The van der Waals surface area contributed by atoms with Crippen LogP contribution in [-0.4, -0.2) is 18.1 Å². The fourth-order valence-corrected chi connectivity index (χ4v) is 2.64. The summed E-state index contributed by atoms with van der Waals surface area (Å²) in [6, 6.07) is 8.34. The van der Waals surface area contributed by atoms with Gasteiger partial charge in [0.15, 0.2) is 0 Å². The van der Waals surface area contributed by atoms with Crippen LogP contribution in [0.4, 0.5) is 0 Å². The molecule has 0 unspecified atom stereocenters. The molecule has 0 aliphatic carbocycles. The van der Waals surface area contributed by atoms with E-state index in [9.17, 15) is 0 Å². The molecule has 2 nitrogen and oxygen atoms in total. The number of aromatic nitrogens is 1. The van der Waals surface area contributed by atoms with E-state index in [1.165, 1.54) is 16.5 Å². The number of nitrogens with zero attached hydrogens (tertiary/aromatic N) is 1. The summed E-state index contributed by atoms with van der Waals surface area (Å²) >= 11 is 3.58. The highest BCUT2D eigenvalue weighted by Gasteiger charge is 2.08. The second-order valence-electron chi connectivity index (χ2n) is 4.21. The molecule has 86 valence electrons. The lowest BCUT2D eigenvalue weighted by Gasteiger charge is -2.14. The Morgan fingerprint density at radius 2 is 2.24 bits per heavy atom. The highest BCUT2D eigenvalue weighted by atomic mass is 79.9. The number of halogens is 1. The molecule has 0 bridgehead atoms. The molecule has 0 fully saturated rings. The molecular weight excluding hydrogens is 276 g/mol. The lowest BCUT2D eigenvalue weighted by atomic mass is 10.0. The minimum absolute atomic E-state index is 0.962. The summed E-state index contributed by atoms with van der Waals surface area (Å²) in [4.78, 5) is 4.53. The normalized spacial score (nSPS) is 15.9. The smallest absolute Gasteiger partial charge is 0.0713 e. The van der Waals surface area contributed by atoms with E-state index in [2.05, 4.69) is 44.4 Å². The van der Waals surface area contributed by atoms with Crippen LogP contribution < -0.4 is 5.32 Å². The quantitative estimate of drug-likeness (QED) is 0.870. The van der Waals surface area contributed by atoms with E-state index in [1.54, 1.807) is 0 Å². The molecule has 0 saturated heterocycles. The molecular formula is C14H13BrN2. The van der Waals surface area contributed by atoms with E-state index in [-0.39, 0.29) is 0 Å². The molecule has 0 spiro atoms. The third kappa shape index (κ3) is 2.13. The largest absolute Gasteiger partial charge is 0.313 e. The van der Waals surface area contributed by atoms with Crippen molar-refractivity contribution in [2.75, 3.05) is 13.1 Å². The lowest BCUT2D eigenvalue weighted by Crippen LogP contribution is -2.20. The maximum Gasteiger partial charge on any atom is 0.0713 e. The van der Waals surface area contributed by atoms with Crippen molar-refractivity contribution in [2.24, 2.45) is 0 Å². The van der Waals surface area contributed by atoms with Crippen LogP contribution >= 0.6 is 15.9 Å². The topological polar surface area (TPSA) is 24.9 Å². The van der Waals surface area contributed by atoms with Crippen molar-refractivity contribution in [3.8, 4) is 0 Å². The molecule has 1 aromatic heterocycles. The zero-order valence-corrected chi connectivity index (χ0v) is 11.0. The number of hydrogen-bond acceptors (Lipinski definition) is 2. The number of benzene rings is 1. The molecule has 1 N–H and O–H groups in total. The lowest BCUT2D eigenvalue weighted by molar-refractivity contribution is 0.738. The van der Waals surface area contributed by atoms with Gasteiger partial charge in [-0.3, -0.25) is 4.98 Å². The highest BCUT2D eigenvalue weighted by Crippen LogP contribution is 2.27. The van der Waals surface area contributed by atoms with Crippen LogP contribution in [-0.2, 0) is 0 Å². The van der Waals surface area contributed by atoms with Crippen LogP contribution in [0.15, 0.2) is 41.0 Å². The van der Waals surface area contributed by atoms with E-state index >= 15 is 0 Å². The molecule has 0 atom stereocenters. The first-order valence-electron chi connectivity index (χ1n) is 5.79. The SMILES string of the molecule is Brc1cccc2ncc(C3=CCNCC3)cc12. The molecule has 1 aliphatic heterocycles. The molecule has 17 heavy (non-hydrogen) atoms. The van der Waals surface area contributed by atoms with Gasteiger partial charge in [-0.1, -0.05) is 28.1 Å². The van der Waals surface area contributed by atoms with E-state index < -0.39 is 0 Å². The van der Waals surface area contributed by atoms with Gasteiger partial charge in [-0.2, -0.15) is 0 Å². The van der Waals surface area contributed by atoms with Gasteiger partial charge in [0.25, 0.3) is 0 Å². The van der Waals surface area contributed by atoms with Crippen LogP contribution in [0.1, 0.15) is 12.0 Å². The van der Waals surface area contributed by atoms with Crippen LogP contribution in [0.3, 0.4) is 0 Å². The molecule has 2 aromatic rings. The molecule has 3 rings (SSSR count). The third-order valence-corrected chi connectivity index (χ3v) is 3.80. The van der Waals surface area contributed by atoms with Gasteiger partial charge in [-0.05, 0) is 42.3 Å². The summed E-state index contributed by atoms with van der Waals surface area (Å²) in [5, 5.41) is 4.51. The maximum atomic E-state index is 4.53. The summed E-state index contributed by atoms with van der Waals surface area (Å²) in [7, 11) is 0. The molecule has 0 radical (unpaired) electrons. The average molecular weight is 289 g/mol. The van der Waals surface area contributed by atoms with Crippen LogP contribution in [0.5, 0.6) is 0 Å². The fourth-order valence-electron chi connectivity index (χ4n) is 2.17. The standard InChI is InChI=1S/C14H13BrN2/c15-13-2-1-3-14-12(13)8-11(9-17-14)10-4-6-16-7-5-10/h1-4,8-9,16H,5-7H2. The third-order valence-electron chi connectivity index (χ3n) is 3.11. The van der Waals surface area contributed by atoms with Crippen molar-refractivity contribution in [2.45, 2.75) is 6.42 Å². The highest BCUT2D eigenvalue weighted by molar-refractivity contribution is 9.10. The van der Waals surface area contributed by atoms with Gasteiger partial charge >= 0.3 is 0 Å². The first-order chi connectivity index (χ1) is 8.34. The monoisotopic (exact) mass is 288 g/mol. The van der Waals surface area contributed by atoms with Gasteiger partial charge in [-0.15, -0.1) is 0 Å². The van der Waals surface area contributed by atoms with Gasteiger partial charge in [0, 0.05) is 22.6 Å².